The molecule has 17 heavy (non-hydrogen) atoms. The Balaban J connectivity index is 2.34. The predicted molar refractivity (Wildman–Crippen MR) is 66.0 cm³/mol. The number of rotatable bonds is 4. The second-order valence-corrected chi connectivity index (χ2v) is 3.83. The largest absolute Gasteiger partial charge is 0.355 e. The summed E-state index contributed by atoms with van der Waals surface area (Å²) in [6.45, 7) is 2.79. The van der Waals surface area contributed by atoms with Crippen LogP contribution in [0.25, 0.3) is 10.9 Å². The van der Waals surface area contributed by atoms with Gasteiger partial charge in [-0.3, -0.25) is 9.59 Å². The minimum atomic E-state index is -0.0264. The van der Waals surface area contributed by atoms with Crippen molar-refractivity contribution in [2.24, 2.45) is 0 Å². The minimum Gasteiger partial charge on any atom is -0.355 e. The fourth-order valence-corrected chi connectivity index (χ4v) is 1.82. The number of aromatic nitrogens is 1. The number of aldehydes is 1. The first-order valence-electron chi connectivity index (χ1n) is 5.55. The molecule has 0 atom stereocenters. The summed E-state index contributed by atoms with van der Waals surface area (Å²) in [7, 11) is 0. The van der Waals surface area contributed by atoms with Crippen molar-refractivity contribution in [2.75, 3.05) is 6.54 Å². The number of carbonyl (C=O) groups is 2. The average Bonchev–Trinajstić information content (AvgIpc) is 2.72. The highest BCUT2D eigenvalue weighted by Gasteiger charge is 2.05. The molecule has 4 nitrogen and oxygen atoms in total. The van der Waals surface area contributed by atoms with E-state index in [0.717, 1.165) is 17.2 Å². The van der Waals surface area contributed by atoms with E-state index in [1.807, 2.05) is 29.8 Å². The number of hydrogen-bond acceptors (Lipinski definition) is 2. The molecule has 0 aliphatic rings. The molecule has 0 aliphatic heterocycles. The summed E-state index contributed by atoms with van der Waals surface area (Å²) in [5, 5.41) is 3.78. The van der Waals surface area contributed by atoms with Crippen molar-refractivity contribution in [3.8, 4) is 0 Å². The van der Waals surface area contributed by atoms with Crippen LogP contribution in [0.15, 0.2) is 30.5 Å². The van der Waals surface area contributed by atoms with E-state index in [4.69, 9.17) is 0 Å². The van der Waals surface area contributed by atoms with E-state index < -0.39 is 0 Å². The lowest BCUT2D eigenvalue weighted by atomic mass is 10.2. The van der Waals surface area contributed by atoms with Gasteiger partial charge in [0, 0.05) is 23.8 Å². The van der Waals surface area contributed by atoms with Crippen LogP contribution in [0.3, 0.4) is 0 Å². The molecular weight excluding hydrogens is 216 g/mol. The Bertz CT molecular complexity index is 558. The van der Waals surface area contributed by atoms with Crippen LogP contribution in [0.4, 0.5) is 0 Å². The Labute approximate surface area is 99.2 Å². The maximum Gasteiger partial charge on any atom is 0.239 e. The third-order valence-electron chi connectivity index (χ3n) is 2.62. The first-order chi connectivity index (χ1) is 8.24. The topological polar surface area (TPSA) is 51.1 Å². The molecule has 0 radical (unpaired) electrons. The highest BCUT2D eigenvalue weighted by atomic mass is 16.1. The lowest BCUT2D eigenvalue weighted by Crippen LogP contribution is -2.26. The van der Waals surface area contributed by atoms with Crippen molar-refractivity contribution >= 4 is 23.1 Å². The second-order valence-electron chi connectivity index (χ2n) is 3.83. The van der Waals surface area contributed by atoms with Crippen LogP contribution < -0.4 is 5.32 Å². The van der Waals surface area contributed by atoms with Gasteiger partial charge in [-0.1, -0.05) is 12.1 Å². The zero-order chi connectivity index (χ0) is 12.3. The van der Waals surface area contributed by atoms with Crippen LogP contribution >= 0.6 is 0 Å². The number of benzene rings is 1. The summed E-state index contributed by atoms with van der Waals surface area (Å²) in [6, 6.07) is 7.38. The Hall–Kier alpha value is -2.10. The van der Waals surface area contributed by atoms with Crippen molar-refractivity contribution in [2.45, 2.75) is 13.5 Å². The first-order valence-corrected chi connectivity index (χ1v) is 5.55. The quantitative estimate of drug-likeness (QED) is 0.811. The van der Waals surface area contributed by atoms with Crippen LogP contribution in [0.2, 0.25) is 0 Å². The van der Waals surface area contributed by atoms with E-state index in [1.54, 1.807) is 12.1 Å². The molecule has 0 aliphatic carbocycles. The van der Waals surface area contributed by atoms with Crippen molar-refractivity contribution in [1.29, 1.82) is 0 Å². The lowest BCUT2D eigenvalue weighted by Gasteiger charge is -2.05. The van der Waals surface area contributed by atoms with Gasteiger partial charge in [0.1, 0.15) is 12.8 Å². The Morgan fingerprint density at radius 1 is 1.41 bits per heavy atom. The molecule has 0 saturated carbocycles. The molecule has 2 rings (SSSR count). The van der Waals surface area contributed by atoms with Crippen LogP contribution in [0.1, 0.15) is 17.3 Å². The fraction of sp³-hybridized carbons (Fsp3) is 0.231. The van der Waals surface area contributed by atoms with Gasteiger partial charge in [-0.2, -0.15) is 0 Å². The molecule has 1 aromatic carbocycles. The molecule has 0 fully saturated rings. The fourth-order valence-electron chi connectivity index (χ4n) is 1.82. The normalized spacial score (nSPS) is 10.4. The van der Waals surface area contributed by atoms with Gasteiger partial charge < -0.3 is 9.88 Å². The van der Waals surface area contributed by atoms with Crippen LogP contribution in [0.5, 0.6) is 0 Å². The summed E-state index contributed by atoms with van der Waals surface area (Å²) < 4.78 is 1.84. The molecule has 1 N–H and O–H groups in total. The Morgan fingerprint density at radius 2 is 2.24 bits per heavy atom. The van der Waals surface area contributed by atoms with Crippen LogP contribution in [-0.4, -0.2) is 23.3 Å². The molecule has 88 valence electrons. The van der Waals surface area contributed by atoms with Crippen molar-refractivity contribution in [3.63, 3.8) is 0 Å². The van der Waals surface area contributed by atoms with Crippen LogP contribution in [0, 0.1) is 0 Å². The second kappa shape index (κ2) is 4.82. The van der Waals surface area contributed by atoms with E-state index in [0.29, 0.717) is 12.1 Å². The Morgan fingerprint density at radius 3 is 2.94 bits per heavy atom. The minimum absolute atomic E-state index is 0.0264. The van der Waals surface area contributed by atoms with Crippen molar-refractivity contribution < 1.29 is 9.59 Å². The number of nitrogens with zero attached hydrogens (tertiary/aromatic N) is 1. The summed E-state index contributed by atoms with van der Waals surface area (Å²) in [5.41, 5.74) is 1.52. The van der Waals surface area contributed by atoms with E-state index in [-0.39, 0.29) is 12.5 Å². The smallest absolute Gasteiger partial charge is 0.239 e. The van der Waals surface area contributed by atoms with Gasteiger partial charge in [-0.05, 0) is 24.4 Å². The molecule has 1 amide bonds. The first kappa shape index (κ1) is 11.4. The van der Waals surface area contributed by atoms with Crippen molar-refractivity contribution in [1.82, 2.24) is 9.88 Å². The molecule has 0 saturated heterocycles. The van der Waals surface area contributed by atoms with Gasteiger partial charge in [-0.25, -0.2) is 0 Å². The number of carbonyl (C=O) groups excluding carboxylic acids is 2. The van der Waals surface area contributed by atoms with Crippen LogP contribution in [-0.2, 0) is 11.3 Å². The van der Waals surface area contributed by atoms with Gasteiger partial charge >= 0.3 is 0 Å². The highest BCUT2D eigenvalue weighted by Crippen LogP contribution is 2.16. The molecule has 0 spiro atoms. The number of amides is 1. The van der Waals surface area contributed by atoms with Gasteiger partial charge in [-0.15, -0.1) is 0 Å². The number of fused-ring (bicyclic) bond motifs is 1. The van der Waals surface area contributed by atoms with Gasteiger partial charge in [0.05, 0.1) is 0 Å². The molecule has 2 aromatic rings. The monoisotopic (exact) mass is 230 g/mol. The molecular formula is C13H14N2O2. The average molecular weight is 230 g/mol. The summed E-state index contributed by atoms with van der Waals surface area (Å²) in [4.78, 5) is 22.2. The maximum atomic E-state index is 11.5. The van der Waals surface area contributed by atoms with Gasteiger partial charge in [0.2, 0.25) is 5.91 Å². The molecule has 0 unspecified atom stereocenters. The van der Waals surface area contributed by atoms with Gasteiger partial charge in [0.25, 0.3) is 0 Å². The third kappa shape index (κ3) is 2.36. The summed E-state index contributed by atoms with van der Waals surface area (Å²) in [5.74, 6) is -0.0264. The Kier molecular flexibility index (Phi) is 3.23. The van der Waals surface area contributed by atoms with Gasteiger partial charge in [0.15, 0.2) is 0 Å². The van der Waals surface area contributed by atoms with Crippen molar-refractivity contribution in [3.05, 3.63) is 36.0 Å². The summed E-state index contributed by atoms with van der Waals surface area (Å²) >= 11 is 0. The number of hydrogen-bond donors (Lipinski definition) is 1. The van der Waals surface area contributed by atoms with E-state index in [1.165, 1.54) is 0 Å². The lowest BCUT2D eigenvalue weighted by molar-refractivity contribution is -0.121. The standard InChI is InChI=1S/C13H14N2O2/c1-2-14-13(17)8-15-6-5-11-4-3-10(9-16)7-12(11)15/h3-7,9H,2,8H2,1H3,(H,14,17). The third-order valence-corrected chi connectivity index (χ3v) is 2.62. The number of nitrogens with one attached hydrogen (secondary N) is 1. The van der Waals surface area contributed by atoms with E-state index in [9.17, 15) is 9.59 Å². The zero-order valence-corrected chi connectivity index (χ0v) is 9.64. The highest BCUT2D eigenvalue weighted by molar-refractivity contribution is 5.88. The molecule has 1 heterocycles. The molecule has 4 heteroatoms. The number of likely N-dealkylation sites (N-methyl/N-ethyl adjacent to an activating group) is 1. The SMILES string of the molecule is CCNC(=O)Cn1ccc2ccc(C=O)cc21. The maximum absolute atomic E-state index is 11.5. The molecule has 0 bridgehead atoms. The summed E-state index contributed by atoms with van der Waals surface area (Å²) in [6.07, 6.45) is 2.66. The predicted octanol–water partition coefficient (Wildman–Crippen LogP) is 1.59. The van der Waals surface area contributed by atoms with E-state index >= 15 is 0 Å². The zero-order valence-electron chi connectivity index (χ0n) is 9.64. The van der Waals surface area contributed by atoms with E-state index in [2.05, 4.69) is 5.32 Å². The molecule has 1 aromatic heterocycles.